The summed E-state index contributed by atoms with van der Waals surface area (Å²) in [7, 11) is 3.26. The van der Waals surface area contributed by atoms with Gasteiger partial charge >= 0.3 is 0 Å². The van der Waals surface area contributed by atoms with E-state index >= 15 is 0 Å². The first-order valence-electron chi connectivity index (χ1n) is 17.1. The number of methoxy groups -OCH3 is 2. The Morgan fingerprint density at radius 1 is 0.373 bits per heavy atom. The Hall–Kier alpha value is -4.83. The van der Waals surface area contributed by atoms with E-state index in [2.05, 4.69) is 0 Å². The topological polar surface area (TPSA) is 81.7 Å². The highest BCUT2D eigenvalue weighted by atomic mass is 16.6. The van der Waals surface area contributed by atoms with Gasteiger partial charge in [-0.05, 0) is 52.1 Å². The van der Waals surface area contributed by atoms with Gasteiger partial charge in [0.1, 0.15) is 42.0 Å². The van der Waals surface area contributed by atoms with Crippen LogP contribution in [0.4, 0.5) is 0 Å². The number of rotatable bonds is 17. The lowest BCUT2D eigenvalue weighted by atomic mass is 9.85. The summed E-state index contributed by atoms with van der Waals surface area (Å²) < 4.78 is 43.8. The van der Waals surface area contributed by atoms with Crippen LogP contribution in [0, 0.1) is 0 Å². The van der Waals surface area contributed by atoms with Crippen LogP contribution in [-0.4, -0.2) is 50.5 Å². The molecule has 5 atom stereocenters. The molecule has 0 aromatic heterocycles. The molecule has 0 N–H and O–H groups in total. The summed E-state index contributed by atoms with van der Waals surface area (Å²) in [6, 6.07) is 44.7. The average Bonchev–Trinajstić information content (AvgIpc) is 3.19. The van der Waals surface area contributed by atoms with Gasteiger partial charge in [0.15, 0.2) is 5.78 Å². The van der Waals surface area contributed by atoms with Crippen molar-refractivity contribution in [1.29, 1.82) is 0 Å². The largest absolute Gasteiger partial charge is 0.497 e. The normalized spacial score (nSPS) is 20.2. The van der Waals surface area contributed by atoms with Crippen LogP contribution in [0.1, 0.15) is 27.8 Å². The molecule has 6 rings (SSSR count). The fourth-order valence-corrected chi connectivity index (χ4v) is 6.04. The van der Waals surface area contributed by atoms with Gasteiger partial charge in [0.25, 0.3) is 0 Å². The minimum Gasteiger partial charge on any atom is -0.497 e. The van der Waals surface area contributed by atoms with E-state index in [1.807, 2.05) is 140 Å². The Labute approximate surface area is 299 Å². The van der Waals surface area contributed by atoms with Crippen LogP contribution in [0.25, 0.3) is 0 Å². The molecule has 8 heteroatoms. The number of Topliss-reactive ketones (excluding diaryl/α,β-unsaturated/α-hetero) is 1. The summed E-state index contributed by atoms with van der Waals surface area (Å²) >= 11 is 0. The molecule has 5 aromatic carbocycles. The molecule has 264 valence electrons. The third-order valence-electron chi connectivity index (χ3n) is 8.84. The fourth-order valence-electron chi connectivity index (χ4n) is 6.04. The maximum Gasteiger partial charge on any atom is 0.195 e. The molecule has 5 aromatic rings. The van der Waals surface area contributed by atoms with Gasteiger partial charge in [-0.25, -0.2) is 0 Å². The summed E-state index contributed by atoms with van der Waals surface area (Å²) in [5.41, 5.74) is 4.65. The maximum absolute atomic E-state index is 14.7. The number of hydrogen-bond acceptors (Lipinski definition) is 8. The van der Waals surface area contributed by atoms with Crippen molar-refractivity contribution in [3.63, 3.8) is 0 Å². The molecule has 8 nitrogen and oxygen atoms in total. The SMILES string of the molecule is COc1ccc(CO[C@@H]2[C@@H](OCc3ccccc3)[C@@H](OCc3ccccc3)C(=O)[C@H](OCc3ccccc3)[C@H]2OCc2ccc(OC)cc2)cc1. The second-order valence-electron chi connectivity index (χ2n) is 12.3. The van der Waals surface area contributed by atoms with Crippen molar-refractivity contribution in [3.05, 3.63) is 167 Å². The van der Waals surface area contributed by atoms with Crippen LogP contribution in [0.2, 0.25) is 0 Å². The Morgan fingerprint density at radius 2 is 0.667 bits per heavy atom. The molecule has 0 aliphatic heterocycles. The quantitative estimate of drug-likeness (QED) is 0.0993. The molecular formula is C43H44O8. The number of benzene rings is 5. The Kier molecular flexibility index (Phi) is 13.0. The summed E-state index contributed by atoms with van der Waals surface area (Å²) in [6.07, 6.45) is -4.43. The Bertz CT molecular complexity index is 1750. The van der Waals surface area contributed by atoms with Crippen LogP contribution >= 0.6 is 0 Å². The first kappa shape index (κ1) is 36.0. The lowest BCUT2D eigenvalue weighted by Gasteiger charge is -2.44. The van der Waals surface area contributed by atoms with Crippen molar-refractivity contribution in [3.8, 4) is 11.5 Å². The van der Waals surface area contributed by atoms with Gasteiger partial charge in [-0.3, -0.25) is 4.79 Å². The highest BCUT2D eigenvalue weighted by Crippen LogP contribution is 2.33. The van der Waals surface area contributed by atoms with E-state index in [9.17, 15) is 4.79 Å². The van der Waals surface area contributed by atoms with Gasteiger partial charge in [-0.15, -0.1) is 0 Å². The highest BCUT2D eigenvalue weighted by Gasteiger charge is 2.54. The minimum atomic E-state index is -1.01. The van der Waals surface area contributed by atoms with Gasteiger partial charge in [0, 0.05) is 0 Å². The van der Waals surface area contributed by atoms with Gasteiger partial charge in [0.05, 0.1) is 47.3 Å². The standard InChI is InChI=1S/C43H44O8/c1-45-36-22-18-34(19-23-36)29-50-42-40(48-27-32-14-8-4-9-15-32)38(44)39(47-26-31-12-6-3-7-13-31)41(49-28-33-16-10-5-11-17-33)43(42)51-30-35-20-24-37(46-2)25-21-35/h3-25,39-43H,26-30H2,1-2H3/t39-,40-,41-,42+,43+/m0/s1. The predicted octanol–water partition coefficient (Wildman–Crippen LogP) is 7.51. The molecule has 0 saturated heterocycles. The van der Waals surface area contributed by atoms with E-state index < -0.39 is 30.5 Å². The molecule has 0 unspecified atom stereocenters. The first-order valence-corrected chi connectivity index (χ1v) is 17.1. The van der Waals surface area contributed by atoms with E-state index in [1.54, 1.807) is 14.2 Å². The molecule has 0 bridgehead atoms. The molecule has 1 aliphatic rings. The molecule has 1 fully saturated rings. The van der Waals surface area contributed by atoms with E-state index in [1.165, 1.54) is 0 Å². The predicted molar refractivity (Wildman–Crippen MR) is 193 cm³/mol. The lowest BCUT2D eigenvalue weighted by Crippen LogP contribution is -2.65. The van der Waals surface area contributed by atoms with Crippen molar-refractivity contribution in [2.75, 3.05) is 14.2 Å². The van der Waals surface area contributed by atoms with Crippen LogP contribution < -0.4 is 9.47 Å². The second-order valence-corrected chi connectivity index (χ2v) is 12.3. The molecule has 0 amide bonds. The second kappa shape index (κ2) is 18.4. The van der Waals surface area contributed by atoms with Crippen molar-refractivity contribution >= 4 is 5.78 Å². The summed E-state index contributed by atoms with van der Waals surface area (Å²) in [4.78, 5) is 14.7. The zero-order valence-electron chi connectivity index (χ0n) is 29.0. The average molecular weight is 689 g/mol. The molecular weight excluding hydrogens is 644 g/mol. The molecule has 1 aliphatic carbocycles. The van der Waals surface area contributed by atoms with Crippen LogP contribution in [0.3, 0.4) is 0 Å². The highest BCUT2D eigenvalue weighted by molar-refractivity contribution is 5.90. The molecule has 51 heavy (non-hydrogen) atoms. The number of carbonyl (C=O) groups excluding carboxylic acids is 1. The molecule has 0 heterocycles. The third-order valence-corrected chi connectivity index (χ3v) is 8.84. The first-order chi connectivity index (χ1) is 25.1. The van der Waals surface area contributed by atoms with Crippen LogP contribution in [0.15, 0.2) is 140 Å². The van der Waals surface area contributed by atoms with Crippen LogP contribution in [0.5, 0.6) is 11.5 Å². The number of carbonyl (C=O) groups is 1. The summed E-state index contributed by atoms with van der Waals surface area (Å²) in [5.74, 6) is 1.23. The van der Waals surface area contributed by atoms with E-state index in [0.29, 0.717) is 0 Å². The van der Waals surface area contributed by atoms with Crippen LogP contribution in [-0.2, 0) is 61.5 Å². The Morgan fingerprint density at radius 3 is 1.00 bits per heavy atom. The number of hydrogen-bond donors (Lipinski definition) is 0. The van der Waals surface area contributed by atoms with E-state index in [0.717, 1.165) is 39.3 Å². The summed E-state index contributed by atoms with van der Waals surface area (Å²) in [5, 5.41) is 0. The number of ether oxygens (including phenoxy) is 7. The van der Waals surface area contributed by atoms with Crippen molar-refractivity contribution < 1.29 is 38.0 Å². The van der Waals surface area contributed by atoms with E-state index in [4.69, 9.17) is 33.2 Å². The van der Waals surface area contributed by atoms with E-state index in [-0.39, 0.29) is 38.8 Å². The Balaban J connectivity index is 1.35. The lowest BCUT2D eigenvalue weighted by molar-refractivity contribution is -0.238. The summed E-state index contributed by atoms with van der Waals surface area (Å²) in [6.45, 7) is 1.08. The van der Waals surface area contributed by atoms with Gasteiger partial charge in [-0.2, -0.15) is 0 Å². The van der Waals surface area contributed by atoms with Gasteiger partial charge < -0.3 is 33.2 Å². The number of ketones is 1. The smallest absolute Gasteiger partial charge is 0.195 e. The maximum atomic E-state index is 14.7. The zero-order valence-corrected chi connectivity index (χ0v) is 29.0. The minimum absolute atomic E-state index is 0.200. The fraction of sp³-hybridized carbons (Fsp3) is 0.279. The third kappa shape index (κ3) is 9.91. The molecule has 0 radical (unpaired) electrons. The molecule has 0 spiro atoms. The molecule has 1 saturated carbocycles. The van der Waals surface area contributed by atoms with Crippen molar-refractivity contribution in [2.45, 2.75) is 63.6 Å². The van der Waals surface area contributed by atoms with Gasteiger partial charge in [-0.1, -0.05) is 115 Å². The van der Waals surface area contributed by atoms with Gasteiger partial charge in [0.2, 0.25) is 0 Å². The van der Waals surface area contributed by atoms with Crippen molar-refractivity contribution in [2.24, 2.45) is 0 Å². The zero-order chi connectivity index (χ0) is 35.3. The van der Waals surface area contributed by atoms with Crippen molar-refractivity contribution in [1.82, 2.24) is 0 Å². The monoisotopic (exact) mass is 688 g/mol.